The Hall–Kier alpha value is -2.89. The molecule has 40 heavy (non-hydrogen) atoms. The minimum atomic E-state index is -1.77. The number of carbonyl (C=O) groups is 1. The number of benzene rings is 2. The number of carbonyl (C=O) groups excluding carboxylic acids is 1. The molecule has 2 saturated heterocycles. The predicted octanol–water partition coefficient (Wildman–Crippen LogP) is -2.25. The van der Waals surface area contributed by atoms with Crippen molar-refractivity contribution < 1.29 is 69.3 Å². The summed E-state index contributed by atoms with van der Waals surface area (Å²) in [7, 11) is 0. The van der Waals surface area contributed by atoms with E-state index in [-0.39, 0.29) is 23.7 Å². The number of ether oxygens (including phenoxy) is 5. The van der Waals surface area contributed by atoms with Gasteiger partial charge >= 0.3 is 5.97 Å². The molecule has 2 aliphatic rings. The molecule has 2 aromatic rings. The van der Waals surface area contributed by atoms with E-state index < -0.39 is 80.6 Å². The van der Waals surface area contributed by atoms with Gasteiger partial charge in [0, 0.05) is 5.56 Å². The van der Waals surface area contributed by atoms with Gasteiger partial charge in [-0.2, -0.15) is 0 Å². The van der Waals surface area contributed by atoms with Crippen LogP contribution in [0.2, 0.25) is 0 Å². The van der Waals surface area contributed by atoms with E-state index in [0.29, 0.717) is 5.56 Å². The van der Waals surface area contributed by atoms with Crippen LogP contribution < -0.4 is 4.74 Å². The van der Waals surface area contributed by atoms with Gasteiger partial charge in [-0.05, 0) is 30.3 Å². The monoisotopic (exact) mass is 568 g/mol. The maximum absolute atomic E-state index is 12.3. The lowest BCUT2D eigenvalue weighted by Crippen LogP contribution is -2.62. The molecule has 0 amide bonds. The Morgan fingerprint density at radius 2 is 1.40 bits per heavy atom. The van der Waals surface area contributed by atoms with E-state index in [1.807, 2.05) is 0 Å². The van der Waals surface area contributed by atoms with Crippen molar-refractivity contribution in [2.75, 3.05) is 13.2 Å². The smallest absolute Gasteiger partial charge is 0.338 e. The second-order valence-corrected chi connectivity index (χ2v) is 9.40. The van der Waals surface area contributed by atoms with Gasteiger partial charge in [0.05, 0.1) is 18.8 Å². The summed E-state index contributed by atoms with van der Waals surface area (Å²) in [5.41, 5.74) is 0.505. The van der Waals surface area contributed by atoms with Crippen LogP contribution in [0.1, 0.15) is 15.9 Å². The van der Waals surface area contributed by atoms with E-state index in [9.17, 15) is 45.6 Å². The van der Waals surface area contributed by atoms with Gasteiger partial charge in [0.2, 0.25) is 6.29 Å². The summed E-state index contributed by atoms with van der Waals surface area (Å²) in [6, 6.07) is 12.1. The van der Waals surface area contributed by atoms with Gasteiger partial charge in [0.25, 0.3) is 0 Å². The molecule has 2 heterocycles. The van der Waals surface area contributed by atoms with Crippen LogP contribution in [0.4, 0.5) is 0 Å². The van der Waals surface area contributed by atoms with Gasteiger partial charge in [0.15, 0.2) is 6.29 Å². The van der Waals surface area contributed by atoms with Crippen LogP contribution in [0.3, 0.4) is 0 Å². The molecule has 2 fully saturated rings. The zero-order chi connectivity index (χ0) is 29.0. The minimum absolute atomic E-state index is 0.0277. The highest BCUT2D eigenvalue weighted by molar-refractivity contribution is 5.89. The lowest BCUT2D eigenvalue weighted by Gasteiger charge is -2.42. The summed E-state index contributed by atoms with van der Waals surface area (Å²) < 4.78 is 27.3. The number of esters is 1. The van der Waals surface area contributed by atoms with Crippen LogP contribution in [0.25, 0.3) is 0 Å². The van der Waals surface area contributed by atoms with Gasteiger partial charge in [-0.25, -0.2) is 4.79 Å². The van der Waals surface area contributed by atoms with E-state index in [1.54, 1.807) is 30.3 Å². The first kappa shape index (κ1) is 30.1. The van der Waals surface area contributed by atoms with Crippen molar-refractivity contribution in [1.29, 1.82) is 0 Å². The molecule has 220 valence electrons. The molecule has 14 nitrogen and oxygen atoms in total. The number of rotatable bonds is 9. The minimum Gasteiger partial charge on any atom is -0.508 e. The second-order valence-electron chi connectivity index (χ2n) is 9.40. The van der Waals surface area contributed by atoms with Crippen molar-refractivity contribution in [3.05, 3.63) is 59.7 Å². The second kappa shape index (κ2) is 13.2. The van der Waals surface area contributed by atoms with E-state index >= 15 is 0 Å². The summed E-state index contributed by atoms with van der Waals surface area (Å²) in [6.07, 6.45) is -15.9. The summed E-state index contributed by atoms with van der Waals surface area (Å²) in [4.78, 5) is 12.3. The van der Waals surface area contributed by atoms with Gasteiger partial charge in [-0.15, -0.1) is 0 Å². The molecule has 10 unspecified atom stereocenters. The lowest BCUT2D eigenvalue weighted by atomic mass is 9.98. The topological polar surface area (TPSA) is 225 Å². The normalized spacial score (nSPS) is 34.3. The molecule has 10 atom stereocenters. The van der Waals surface area contributed by atoms with Crippen molar-refractivity contribution in [2.24, 2.45) is 0 Å². The predicted molar refractivity (Wildman–Crippen MR) is 131 cm³/mol. The van der Waals surface area contributed by atoms with Gasteiger partial charge in [-0.3, -0.25) is 0 Å². The van der Waals surface area contributed by atoms with Crippen LogP contribution in [0.5, 0.6) is 11.5 Å². The SMILES string of the molecule is O=C(OCc1cc(O)ccc1OC1OC(COC2OC(CO)C(O)C(O)C2O)C(O)C(O)C1O)c1ccccc1. The van der Waals surface area contributed by atoms with Crippen LogP contribution in [-0.4, -0.2) is 121 Å². The molecule has 0 aliphatic carbocycles. The molecule has 2 aliphatic heterocycles. The third-order valence-corrected chi connectivity index (χ3v) is 6.60. The molecule has 0 aromatic heterocycles. The average molecular weight is 569 g/mol. The van der Waals surface area contributed by atoms with Crippen molar-refractivity contribution in [3.63, 3.8) is 0 Å². The average Bonchev–Trinajstić information content (AvgIpc) is 2.96. The molecule has 8 N–H and O–H groups in total. The van der Waals surface area contributed by atoms with Crippen molar-refractivity contribution in [1.82, 2.24) is 0 Å². The summed E-state index contributed by atoms with van der Waals surface area (Å²) >= 11 is 0. The Balaban J connectivity index is 1.43. The van der Waals surface area contributed by atoms with Crippen LogP contribution in [-0.2, 0) is 25.6 Å². The first-order valence-electron chi connectivity index (χ1n) is 12.4. The van der Waals surface area contributed by atoms with Gasteiger partial charge in [-0.1, -0.05) is 18.2 Å². The lowest BCUT2D eigenvalue weighted by molar-refractivity contribution is -0.323. The van der Waals surface area contributed by atoms with Crippen LogP contribution >= 0.6 is 0 Å². The fourth-order valence-electron chi connectivity index (χ4n) is 4.27. The molecule has 0 radical (unpaired) electrons. The number of aliphatic hydroxyl groups excluding tert-OH is 7. The Morgan fingerprint density at radius 1 is 0.775 bits per heavy atom. The quantitative estimate of drug-likeness (QED) is 0.150. The fourth-order valence-corrected chi connectivity index (χ4v) is 4.27. The Morgan fingerprint density at radius 3 is 2.08 bits per heavy atom. The zero-order valence-corrected chi connectivity index (χ0v) is 21.0. The molecular weight excluding hydrogens is 536 g/mol. The summed E-state index contributed by atoms with van der Waals surface area (Å²) in [6.45, 7) is -1.54. The third-order valence-electron chi connectivity index (χ3n) is 6.60. The van der Waals surface area contributed by atoms with Gasteiger partial charge < -0.3 is 64.5 Å². The van der Waals surface area contributed by atoms with Crippen molar-refractivity contribution in [3.8, 4) is 11.5 Å². The molecule has 4 rings (SSSR count). The first-order chi connectivity index (χ1) is 19.1. The van der Waals surface area contributed by atoms with E-state index in [2.05, 4.69) is 0 Å². The molecule has 0 spiro atoms. The first-order valence-corrected chi connectivity index (χ1v) is 12.4. The van der Waals surface area contributed by atoms with E-state index in [1.165, 1.54) is 18.2 Å². The van der Waals surface area contributed by atoms with E-state index in [4.69, 9.17) is 23.7 Å². The third kappa shape index (κ3) is 6.70. The molecular formula is C26H32O14. The van der Waals surface area contributed by atoms with E-state index in [0.717, 1.165) is 0 Å². The highest BCUT2D eigenvalue weighted by Gasteiger charge is 2.48. The van der Waals surface area contributed by atoms with Crippen LogP contribution in [0.15, 0.2) is 48.5 Å². The number of aliphatic hydroxyl groups is 7. The zero-order valence-electron chi connectivity index (χ0n) is 21.0. The molecule has 0 saturated carbocycles. The number of phenols is 1. The summed E-state index contributed by atoms with van der Waals surface area (Å²) in [5.74, 6) is -0.766. The maximum atomic E-state index is 12.3. The highest BCUT2D eigenvalue weighted by Crippen LogP contribution is 2.30. The molecule has 0 bridgehead atoms. The summed E-state index contributed by atoms with van der Waals surface area (Å²) in [5, 5.41) is 80.6. The van der Waals surface area contributed by atoms with Crippen molar-refractivity contribution >= 4 is 5.97 Å². The largest absolute Gasteiger partial charge is 0.508 e. The fraction of sp³-hybridized carbons (Fsp3) is 0.500. The highest BCUT2D eigenvalue weighted by atomic mass is 16.7. The Kier molecular flexibility index (Phi) is 9.91. The van der Waals surface area contributed by atoms with Crippen molar-refractivity contribution in [2.45, 2.75) is 68.0 Å². The Bertz CT molecular complexity index is 1110. The number of hydrogen-bond donors (Lipinski definition) is 8. The number of phenolic OH excluding ortho intramolecular Hbond substituents is 1. The molecule has 14 heteroatoms. The number of hydrogen-bond acceptors (Lipinski definition) is 14. The maximum Gasteiger partial charge on any atom is 0.338 e. The number of aromatic hydroxyl groups is 1. The van der Waals surface area contributed by atoms with Gasteiger partial charge in [0.1, 0.15) is 66.9 Å². The Labute approximate surface area is 228 Å². The molecule has 2 aromatic carbocycles. The van der Waals surface area contributed by atoms with Crippen LogP contribution in [0, 0.1) is 0 Å². The standard InChI is InChI=1S/C26H32O14/c27-9-16-18(29)20(31)22(33)25(39-16)37-11-17-19(30)21(32)23(34)26(40-17)38-15-7-6-14(28)8-13(15)10-36-24(35)12-4-2-1-3-5-12/h1-8,16-23,25-34H,9-11H2.